The van der Waals surface area contributed by atoms with E-state index in [9.17, 15) is 13.2 Å². The van der Waals surface area contributed by atoms with Crippen LogP contribution >= 0.6 is 0 Å². The zero-order chi connectivity index (χ0) is 20.3. The maximum atomic E-state index is 13.3. The van der Waals surface area contributed by atoms with Crippen molar-refractivity contribution in [2.45, 2.75) is 88.2 Å². The molecule has 3 rings (SSSR count). The Morgan fingerprint density at radius 2 is 1.71 bits per heavy atom. The fourth-order valence-corrected chi connectivity index (χ4v) is 6.00. The van der Waals surface area contributed by atoms with Gasteiger partial charge in [-0.3, -0.25) is 4.79 Å². The predicted molar refractivity (Wildman–Crippen MR) is 109 cm³/mol. The topological polar surface area (TPSA) is 75.7 Å². The van der Waals surface area contributed by atoms with Gasteiger partial charge in [-0.1, -0.05) is 25.7 Å². The molecule has 28 heavy (non-hydrogen) atoms. The zero-order valence-electron chi connectivity index (χ0n) is 17.1. The third-order valence-corrected chi connectivity index (χ3v) is 7.43. The van der Waals surface area contributed by atoms with Crippen molar-refractivity contribution in [1.29, 1.82) is 0 Å². The average Bonchev–Trinajstić information content (AvgIpc) is 3.35. The summed E-state index contributed by atoms with van der Waals surface area (Å²) in [4.78, 5) is 15.2. The quantitative estimate of drug-likeness (QED) is 0.746. The van der Waals surface area contributed by atoms with Crippen molar-refractivity contribution >= 4 is 15.9 Å². The molecule has 0 bridgehead atoms. The van der Waals surface area contributed by atoms with Crippen LogP contribution in [0.5, 0.6) is 5.75 Å². The van der Waals surface area contributed by atoms with Crippen molar-refractivity contribution in [2.75, 3.05) is 7.11 Å². The van der Waals surface area contributed by atoms with Crippen LogP contribution in [-0.2, 0) is 10.0 Å². The summed E-state index contributed by atoms with van der Waals surface area (Å²) in [6.45, 7) is 4.03. The fraction of sp³-hybridized carbons (Fsp3) is 0.667. The van der Waals surface area contributed by atoms with Gasteiger partial charge in [0.15, 0.2) is 0 Å². The number of carbonyl (C=O) groups is 1. The molecular formula is C21H32N2O4S. The third kappa shape index (κ3) is 4.51. The molecule has 7 heteroatoms. The van der Waals surface area contributed by atoms with Gasteiger partial charge in [-0.25, -0.2) is 13.1 Å². The van der Waals surface area contributed by atoms with E-state index in [2.05, 4.69) is 4.72 Å². The number of ether oxygens (including phenoxy) is 1. The Morgan fingerprint density at radius 3 is 2.29 bits per heavy atom. The van der Waals surface area contributed by atoms with Crippen molar-refractivity contribution in [1.82, 2.24) is 9.62 Å². The molecule has 1 amide bonds. The molecule has 0 heterocycles. The number of methoxy groups -OCH3 is 1. The monoisotopic (exact) mass is 408 g/mol. The molecule has 0 spiro atoms. The van der Waals surface area contributed by atoms with Crippen LogP contribution in [0.25, 0.3) is 0 Å². The molecule has 0 aromatic heterocycles. The first-order valence-corrected chi connectivity index (χ1v) is 11.8. The number of sulfonamides is 1. The third-order valence-electron chi connectivity index (χ3n) is 5.89. The van der Waals surface area contributed by atoms with Gasteiger partial charge in [-0.15, -0.1) is 0 Å². The van der Waals surface area contributed by atoms with E-state index < -0.39 is 10.0 Å². The summed E-state index contributed by atoms with van der Waals surface area (Å²) in [6.07, 6.45) is 8.06. The van der Waals surface area contributed by atoms with Crippen molar-refractivity contribution in [3.05, 3.63) is 23.8 Å². The van der Waals surface area contributed by atoms with E-state index in [1.807, 2.05) is 18.7 Å². The van der Waals surface area contributed by atoms with Gasteiger partial charge in [0, 0.05) is 23.7 Å². The molecule has 1 aromatic carbocycles. The van der Waals surface area contributed by atoms with E-state index in [1.165, 1.54) is 13.2 Å². The lowest BCUT2D eigenvalue weighted by Gasteiger charge is -2.33. The van der Waals surface area contributed by atoms with Gasteiger partial charge in [-0.05, 0) is 57.7 Å². The van der Waals surface area contributed by atoms with Gasteiger partial charge in [0.1, 0.15) is 10.6 Å². The van der Waals surface area contributed by atoms with E-state index in [0.29, 0.717) is 5.56 Å². The van der Waals surface area contributed by atoms with Crippen LogP contribution < -0.4 is 9.46 Å². The Labute approximate surface area is 168 Å². The standard InChI is InChI=1S/C21H32N2O4S/c1-15(2)23(18-10-6-7-11-18)21(24)16-12-13-19(27-3)20(14-16)28(25,26)22-17-8-4-5-9-17/h12-15,17-18,22H,4-11H2,1-3H3. The second-order valence-electron chi connectivity index (χ2n) is 8.21. The second kappa shape index (κ2) is 8.82. The molecule has 1 aromatic rings. The molecule has 0 aliphatic heterocycles. The number of hydrogen-bond donors (Lipinski definition) is 1. The Hall–Kier alpha value is -1.60. The minimum absolute atomic E-state index is 0.0419. The van der Waals surface area contributed by atoms with Crippen LogP contribution in [0.1, 0.15) is 75.6 Å². The van der Waals surface area contributed by atoms with E-state index in [1.54, 1.807) is 12.1 Å². The van der Waals surface area contributed by atoms with Crippen molar-refractivity contribution in [3.63, 3.8) is 0 Å². The predicted octanol–water partition coefficient (Wildman–Crippen LogP) is 3.71. The number of hydrogen-bond acceptors (Lipinski definition) is 4. The molecule has 156 valence electrons. The minimum atomic E-state index is -3.75. The van der Waals surface area contributed by atoms with E-state index in [-0.39, 0.29) is 34.7 Å². The van der Waals surface area contributed by atoms with Crippen LogP contribution in [-0.4, -0.2) is 44.5 Å². The molecular weight excluding hydrogens is 376 g/mol. The lowest BCUT2D eigenvalue weighted by atomic mass is 10.1. The van der Waals surface area contributed by atoms with Crippen molar-refractivity contribution in [3.8, 4) is 5.75 Å². The number of amides is 1. The van der Waals surface area contributed by atoms with Gasteiger partial charge in [-0.2, -0.15) is 0 Å². The fourth-order valence-electron chi connectivity index (χ4n) is 4.50. The highest BCUT2D eigenvalue weighted by molar-refractivity contribution is 7.89. The normalized spacial score (nSPS) is 18.7. The lowest BCUT2D eigenvalue weighted by Crippen LogP contribution is -2.43. The molecule has 0 saturated heterocycles. The highest BCUT2D eigenvalue weighted by Crippen LogP contribution is 2.30. The number of rotatable bonds is 7. The minimum Gasteiger partial charge on any atom is -0.495 e. The number of carbonyl (C=O) groups excluding carboxylic acids is 1. The Balaban J connectivity index is 1.92. The van der Waals surface area contributed by atoms with Crippen LogP contribution in [0, 0.1) is 0 Å². The summed E-state index contributed by atoms with van der Waals surface area (Å²) in [5.74, 6) is 0.154. The van der Waals surface area contributed by atoms with Gasteiger partial charge in [0.2, 0.25) is 10.0 Å². The summed E-state index contributed by atoms with van der Waals surface area (Å²) in [5, 5.41) is 0. The number of nitrogens with one attached hydrogen (secondary N) is 1. The summed E-state index contributed by atoms with van der Waals surface area (Å²) in [6, 6.07) is 4.98. The highest BCUT2D eigenvalue weighted by Gasteiger charge is 2.31. The van der Waals surface area contributed by atoms with Crippen LogP contribution in [0.15, 0.2) is 23.1 Å². The molecule has 6 nitrogen and oxygen atoms in total. The maximum Gasteiger partial charge on any atom is 0.254 e. The average molecular weight is 409 g/mol. The highest BCUT2D eigenvalue weighted by atomic mass is 32.2. The molecule has 0 unspecified atom stereocenters. The largest absolute Gasteiger partial charge is 0.495 e. The smallest absolute Gasteiger partial charge is 0.254 e. The Kier molecular flexibility index (Phi) is 6.65. The molecule has 2 fully saturated rings. The number of benzene rings is 1. The molecule has 0 atom stereocenters. The first-order valence-electron chi connectivity index (χ1n) is 10.4. The Morgan fingerprint density at radius 1 is 1.11 bits per heavy atom. The van der Waals surface area contributed by atoms with Gasteiger partial charge >= 0.3 is 0 Å². The summed E-state index contributed by atoms with van der Waals surface area (Å²) in [5.41, 5.74) is 0.396. The summed E-state index contributed by atoms with van der Waals surface area (Å²) >= 11 is 0. The SMILES string of the molecule is COc1ccc(C(=O)N(C(C)C)C2CCCC2)cc1S(=O)(=O)NC1CCCC1. The summed E-state index contributed by atoms with van der Waals surface area (Å²) < 4.78 is 34.1. The summed E-state index contributed by atoms with van der Waals surface area (Å²) in [7, 11) is -2.30. The van der Waals surface area contributed by atoms with Crippen LogP contribution in [0.4, 0.5) is 0 Å². The zero-order valence-corrected chi connectivity index (χ0v) is 17.9. The number of nitrogens with zero attached hydrogens (tertiary/aromatic N) is 1. The first-order chi connectivity index (χ1) is 13.3. The lowest BCUT2D eigenvalue weighted by molar-refractivity contribution is 0.0613. The maximum absolute atomic E-state index is 13.3. The molecule has 2 aliphatic carbocycles. The van der Waals surface area contributed by atoms with Crippen molar-refractivity contribution < 1.29 is 17.9 Å². The van der Waals surface area contributed by atoms with Gasteiger partial charge in [0.25, 0.3) is 5.91 Å². The molecule has 2 aliphatic rings. The van der Waals surface area contributed by atoms with Crippen LogP contribution in [0.3, 0.4) is 0 Å². The van der Waals surface area contributed by atoms with E-state index in [4.69, 9.17) is 4.74 Å². The van der Waals surface area contributed by atoms with Gasteiger partial charge < -0.3 is 9.64 Å². The molecule has 1 N–H and O–H groups in total. The van der Waals surface area contributed by atoms with Crippen molar-refractivity contribution in [2.24, 2.45) is 0 Å². The molecule has 2 saturated carbocycles. The van der Waals surface area contributed by atoms with Gasteiger partial charge in [0.05, 0.1) is 7.11 Å². The van der Waals surface area contributed by atoms with Crippen LogP contribution in [0.2, 0.25) is 0 Å². The van der Waals surface area contributed by atoms with E-state index in [0.717, 1.165) is 51.4 Å². The first kappa shape index (κ1) is 21.1. The second-order valence-corrected chi connectivity index (χ2v) is 9.90. The molecule has 0 radical (unpaired) electrons. The van der Waals surface area contributed by atoms with E-state index >= 15 is 0 Å². The Bertz CT molecular complexity index is 795.